The highest BCUT2D eigenvalue weighted by Crippen LogP contribution is 2.08. The largest absolute Gasteiger partial charge is 0.372 e. The number of alkyl halides is 1. The molecule has 1 nitrogen and oxygen atoms in total. The molecule has 1 rings (SSSR count). The van der Waals surface area contributed by atoms with Gasteiger partial charge in [0.15, 0.2) is 0 Å². The van der Waals surface area contributed by atoms with Gasteiger partial charge in [-0.3, -0.25) is 0 Å². The average molecular weight is 215 g/mol. The molecule has 0 aliphatic heterocycles. The van der Waals surface area contributed by atoms with E-state index in [9.17, 15) is 4.39 Å². The van der Waals surface area contributed by atoms with Crippen LogP contribution < -0.4 is 0 Å². The van der Waals surface area contributed by atoms with Crippen molar-refractivity contribution in [2.75, 3.05) is 12.5 Å². The van der Waals surface area contributed by atoms with Crippen molar-refractivity contribution < 1.29 is 9.13 Å². The fraction of sp³-hybridized carbons (Fsp3) is 0.273. The number of rotatable bonds is 5. The summed E-state index contributed by atoms with van der Waals surface area (Å²) < 4.78 is 18.3. The van der Waals surface area contributed by atoms with Gasteiger partial charge < -0.3 is 4.74 Å². The third kappa shape index (κ3) is 3.48. The zero-order chi connectivity index (χ0) is 10.4. The standard InChI is InChI=1S/C11H12ClFO/c1-9(6-12)7-14-8-10-4-2-3-5-11(10)13/h2-5H,1,6-8H2. The maximum absolute atomic E-state index is 13.1. The lowest BCUT2D eigenvalue weighted by Crippen LogP contribution is -2.00. The van der Waals surface area contributed by atoms with Gasteiger partial charge in [0, 0.05) is 11.4 Å². The van der Waals surface area contributed by atoms with Crippen LogP contribution in [0.4, 0.5) is 4.39 Å². The van der Waals surface area contributed by atoms with Gasteiger partial charge in [-0.25, -0.2) is 4.39 Å². The van der Waals surface area contributed by atoms with Crippen LogP contribution in [0, 0.1) is 5.82 Å². The number of halogens is 2. The van der Waals surface area contributed by atoms with Crippen molar-refractivity contribution in [2.24, 2.45) is 0 Å². The Balaban J connectivity index is 2.39. The van der Waals surface area contributed by atoms with Crippen molar-refractivity contribution in [2.45, 2.75) is 6.61 Å². The molecule has 0 bridgehead atoms. The van der Waals surface area contributed by atoms with Crippen molar-refractivity contribution in [1.82, 2.24) is 0 Å². The van der Waals surface area contributed by atoms with Gasteiger partial charge in [0.05, 0.1) is 13.2 Å². The van der Waals surface area contributed by atoms with Crippen molar-refractivity contribution in [3.63, 3.8) is 0 Å². The molecule has 0 saturated carbocycles. The molecule has 0 radical (unpaired) electrons. The highest BCUT2D eigenvalue weighted by Gasteiger charge is 2.00. The predicted octanol–water partition coefficient (Wildman–Crippen LogP) is 3.14. The molecule has 0 spiro atoms. The highest BCUT2D eigenvalue weighted by atomic mass is 35.5. The number of benzene rings is 1. The van der Waals surface area contributed by atoms with E-state index >= 15 is 0 Å². The Hall–Kier alpha value is -0.860. The zero-order valence-electron chi connectivity index (χ0n) is 7.80. The molecule has 0 fully saturated rings. The maximum Gasteiger partial charge on any atom is 0.128 e. The van der Waals surface area contributed by atoms with E-state index in [1.54, 1.807) is 18.2 Å². The minimum atomic E-state index is -0.246. The third-order valence-corrected chi connectivity index (χ3v) is 2.09. The summed E-state index contributed by atoms with van der Waals surface area (Å²) in [5, 5.41) is 0. The van der Waals surface area contributed by atoms with E-state index in [1.807, 2.05) is 0 Å². The summed E-state index contributed by atoms with van der Waals surface area (Å²) in [7, 11) is 0. The van der Waals surface area contributed by atoms with Crippen LogP contribution in [0.1, 0.15) is 5.56 Å². The lowest BCUT2D eigenvalue weighted by molar-refractivity contribution is 0.140. The highest BCUT2D eigenvalue weighted by molar-refractivity contribution is 6.19. The summed E-state index contributed by atoms with van der Waals surface area (Å²) in [5.74, 6) is 0.126. The van der Waals surface area contributed by atoms with E-state index in [-0.39, 0.29) is 12.4 Å². The van der Waals surface area contributed by atoms with E-state index in [0.29, 0.717) is 18.1 Å². The Kier molecular flexibility index (Phi) is 4.63. The first-order valence-electron chi connectivity index (χ1n) is 4.28. The maximum atomic E-state index is 13.1. The van der Waals surface area contributed by atoms with Gasteiger partial charge in [-0.2, -0.15) is 0 Å². The van der Waals surface area contributed by atoms with Crippen LogP contribution in [0.15, 0.2) is 36.4 Å². The van der Waals surface area contributed by atoms with Crippen LogP contribution >= 0.6 is 11.6 Å². The molecule has 0 unspecified atom stereocenters. The molecule has 0 N–H and O–H groups in total. The van der Waals surface area contributed by atoms with Gasteiger partial charge in [0.25, 0.3) is 0 Å². The van der Waals surface area contributed by atoms with Crippen molar-refractivity contribution in [3.05, 3.63) is 47.8 Å². The molecule has 3 heteroatoms. The van der Waals surface area contributed by atoms with Crippen molar-refractivity contribution in [3.8, 4) is 0 Å². The van der Waals surface area contributed by atoms with Crippen LogP contribution in [0.2, 0.25) is 0 Å². The molecule has 0 saturated heterocycles. The smallest absolute Gasteiger partial charge is 0.128 e. The van der Waals surface area contributed by atoms with Crippen LogP contribution in [0.25, 0.3) is 0 Å². The number of ether oxygens (including phenoxy) is 1. The number of hydrogen-bond acceptors (Lipinski definition) is 1. The van der Waals surface area contributed by atoms with E-state index < -0.39 is 0 Å². The first kappa shape index (κ1) is 11.2. The fourth-order valence-electron chi connectivity index (χ4n) is 0.959. The molecule has 0 amide bonds. The summed E-state index contributed by atoms with van der Waals surface area (Å²) in [6.45, 7) is 4.30. The minimum Gasteiger partial charge on any atom is -0.372 e. The predicted molar refractivity (Wildman–Crippen MR) is 55.9 cm³/mol. The molecule has 1 aromatic carbocycles. The van der Waals surface area contributed by atoms with Gasteiger partial charge >= 0.3 is 0 Å². The molecule has 0 aromatic heterocycles. The van der Waals surface area contributed by atoms with Gasteiger partial charge in [0.2, 0.25) is 0 Å². The minimum absolute atomic E-state index is 0.246. The Morgan fingerprint density at radius 3 is 2.79 bits per heavy atom. The third-order valence-electron chi connectivity index (χ3n) is 1.71. The van der Waals surface area contributed by atoms with Crippen LogP contribution in [-0.2, 0) is 11.3 Å². The van der Waals surface area contributed by atoms with Gasteiger partial charge in [-0.1, -0.05) is 24.8 Å². The summed E-state index contributed by atoms with van der Waals surface area (Å²) in [5.41, 5.74) is 1.35. The molecule has 0 atom stereocenters. The van der Waals surface area contributed by atoms with Crippen molar-refractivity contribution in [1.29, 1.82) is 0 Å². The van der Waals surface area contributed by atoms with E-state index in [1.165, 1.54) is 6.07 Å². The monoisotopic (exact) mass is 214 g/mol. The van der Waals surface area contributed by atoms with E-state index in [4.69, 9.17) is 16.3 Å². The first-order chi connectivity index (χ1) is 6.74. The second-order valence-electron chi connectivity index (χ2n) is 2.97. The summed E-state index contributed by atoms with van der Waals surface area (Å²) in [6.07, 6.45) is 0. The SMILES string of the molecule is C=C(CCl)COCc1ccccc1F. The zero-order valence-corrected chi connectivity index (χ0v) is 8.56. The quantitative estimate of drug-likeness (QED) is 0.541. The Morgan fingerprint density at radius 2 is 2.14 bits per heavy atom. The fourth-order valence-corrected chi connectivity index (χ4v) is 1.04. The van der Waals surface area contributed by atoms with E-state index in [2.05, 4.69) is 6.58 Å². The number of hydrogen-bond donors (Lipinski definition) is 0. The molecular weight excluding hydrogens is 203 g/mol. The summed E-state index contributed by atoms with van der Waals surface area (Å²) >= 11 is 5.51. The summed E-state index contributed by atoms with van der Waals surface area (Å²) in [6, 6.07) is 6.53. The normalized spacial score (nSPS) is 10.1. The van der Waals surface area contributed by atoms with Gasteiger partial charge in [-0.15, -0.1) is 11.6 Å². The second kappa shape index (κ2) is 5.78. The molecule has 0 heterocycles. The van der Waals surface area contributed by atoms with E-state index in [0.717, 1.165) is 5.57 Å². The molecule has 1 aromatic rings. The molecular formula is C11H12ClFO. The summed E-state index contributed by atoms with van der Waals surface area (Å²) in [4.78, 5) is 0. The molecule has 0 aliphatic rings. The Bertz CT molecular complexity index is 312. The molecule has 76 valence electrons. The molecule has 14 heavy (non-hydrogen) atoms. The van der Waals surface area contributed by atoms with Crippen LogP contribution in [-0.4, -0.2) is 12.5 Å². The topological polar surface area (TPSA) is 9.23 Å². The first-order valence-corrected chi connectivity index (χ1v) is 4.81. The lowest BCUT2D eigenvalue weighted by Gasteiger charge is -2.05. The van der Waals surface area contributed by atoms with Crippen molar-refractivity contribution >= 4 is 11.6 Å². The second-order valence-corrected chi connectivity index (χ2v) is 3.24. The Labute approximate surface area is 88.1 Å². The van der Waals surface area contributed by atoms with Gasteiger partial charge in [-0.05, 0) is 11.6 Å². The lowest BCUT2D eigenvalue weighted by atomic mass is 10.2. The van der Waals surface area contributed by atoms with Crippen LogP contribution in [0.5, 0.6) is 0 Å². The average Bonchev–Trinajstić information content (AvgIpc) is 2.20. The van der Waals surface area contributed by atoms with Gasteiger partial charge in [0.1, 0.15) is 5.82 Å². The Morgan fingerprint density at radius 1 is 1.43 bits per heavy atom. The van der Waals surface area contributed by atoms with Crippen LogP contribution in [0.3, 0.4) is 0 Å². The molecule has 0 aliphatic carbocycles.